The van der Waals surface area contributed by atoms with E-state index >= 15 is 4.39 Å². The Bertz CT molecular complexity index is 1480. The van der Waals surface area contributed by atoms with Crippen molar-refractivity contribution in [3.63, 3.8) is 0 Å². The average molecular weight is 534 g/mol. The number of aromatic nitrogens is 2. The molecule has 2 heterocycles. The number of fused-ring (bicyclic) bond motifs is 1. The van der Waals surface area contributed by atoms with E-state index in [4.69, 9.17) is 9.47 Å². The van der Waals surface area contributed by atoms with Gasteiger partial charge >= 0.3 is 12.1 Å². The average Bonchev–Trinajstić information content (AvgIpc) is 3.66. The summed E-state index contributed by atoms with van der Waals surface area (Å²) >= 11 is 0. The Morgan fingerprint density at radius 1 is 1.10 bits per heavy atom. The van der Waals surface area contributed by atoms with Crippen LogP contribution in [0.15, 0.2) is 36.4 Å². The fourth-order valence-corrected chi connectivity index (χ4v) is 5.09. The molecule has 5 rings (SSSR count). The highest BCUT2D eigenvalue weighted by molar-refractivity contribution is 6.02. The highest BCUT2D eigenvalue weighted by Crippen LogP contribution is 2.44. The van der Waals surface area contributed by atoms with Gasteiger partial charge in [0.05, 0.1) is 24.1 Å². The third-order valence-corrected chi connectivity index (χ3v) is 7.01. The van der Waals surface area contributed by atoms with Crippen LogP contribution in [-0.4, -0.2) is 47.0 Å². The minimum absolute atomic E-state index is 0.0427. The van der Waals surface area contributed by atoms with Crippen LogP contribution in [0.1, 0.15) is 83.5 Å². The second-order valence-electron chi connectivity index (χ2n) is 11.1. The Hall–Kier alpha value is -4.01. The number of aryl methyl sites for hydroxylation is 1. The number of anilines is 1. The normalized spacial score (nSPS) is 15.1. The van der Waals surface area contributed by atoms with Crippen LogP contribution in [0.3, 0.4) is 0 Å². The van der Waals surface area contributed by atoms with Gasteiger partial charge in [-0.05, 0) is 88.6 Å². The van der Waals surface area contributed by atoms with Crippen molar-refractivity contribution in [3.05, 3.63) is 70.2 Å². The van der Waals surface area contributed by atoms with Gasteiger partial charge in [-0.25, -0.2) is 14.0 Å². The summed E-state index contributed by atoms with van der Waals surface area (Å²) in [7, 11) is 1.22. The molecular formula is C30H32FN3O5. The predicted molar refractivity (Wildman–Crippen MR) is 144 cm³/mol. The minimum Gasteiger partial charge on any atom is -0.465 e. The lowest BCUT2D eigenvalue weighted by Crippen LogP contribution is -2.40. The molecule has 0 unspecified atom stereocenters. The predicted octanol–water partition coefficient (Wildman–Crippen LogP) is 6.04. The Balaban J connectivity index is 1.69. The first-order valence-electron chi connectivity index (χ1n) is 13.1. The van der Waals surface area contributed by atoms with Gasteiger partial charge in [-0.1, -0.05) is 18.2 Å². The lowest BCUT2D eigenvalue weighted by Gasteiger charge is -2.30. The van der Waals surface area contributed by atoms with Crippen molar-refractivity contribution < 1.29 is 28.2 Å². The van der Waals surface area contributed by atoms with Crippen LogP contribution in [0, 0.1) is 12.7 Å². The topological polar surface area (TPSA) is 90.7 Å². The molecule has 8 nitrogen and oxygen atoms in total. The standard InChI is InChI=1S/C30H32FN3O5/c1-17-8-6-9-20(18-11-12-18)24(17)27(35)34-23-10-7-15-33(29(37)39-30(2,3)4)26(23)25(32-34)21-14-13-19(16-22(21)31)28(36)38-5/h6,8-9,13-14,16,18H,7,10-12,15H2,1-5H3. The van der Waals surface area contributed by atoms with Crippen molar-refractivity contribution >= 4 is 23.7 Å². The van der Waals surface area contributed by atoms with Crippen LogP contribution in [0.4, 0.5) is 14.9 Å². The first kappa shape index (κ1) is 26.6. The summed E-state index contributed by atoms with van der Waals surface area (Å²) in [6, 6.07) is 9.75. The van der Waals surface area contributed by atoms with E-state index in [0.717, 1.165) is 30.0 Å². The molecule has 9 heteroatoms. The number of hydrogen-bond donors (Lipinski definition) is 0. The Kier molecular flexibility index (Phi) is 6.78. The quantitative estimate of drug-likeness (QED) is 0.380. The molecule has 0 radical (unpaired) electrons. The summed E-state index contributed by atoms with van der Waals surface area (Å²) in [4.78, 5) is 40.8. The van der Waals surface area contributed by atoms with Crippen LogP contribution in [0.5, 0.6) is 0 Å². The Morgan fingerprint density at radius 2 is 1.85 bits per heavy atom. The molecule has 0 N–H and O–H groups in total. The molecule has 2 aliphatic rings. The molecule has 1 amide bonds. The fraction of sp³-hybridized carbons (Fsp3) is 0.400. The molecule has 0 spiro atoms. The van der Waals surface area contributed by atoms with E-state index in [-0.39, 0.29) is 22.7 Å². The number of ether oxygens (including phenoxy) is 2. The molecule has 1 fully saturated rings. The van der Waals surface area contributed by atoms with E-state index < -0.39 is 23.5 Å². The second-order valence-corrected chi connectivity index (χ2v) is 11.1. The SMILES string of the molecule is COC(=O)c1ccc(-c2nn(C(=O)c3c(C)cccc3C3CC3)c3c2N(C(=O)OC(C)(C)C)CCC3)c(F)c1. The maximum Gasteiger partial charge on any atom is 0.414 e. The van der Waals surface area contributed by atoms with Gasteiger partial charge in [0.25, 0.3) is 5.91 Å². The molecule has 3 aromatic rings. The number of halogens is 1. The van der Waals surface area contributed by atoms with Crippen molar-refractivity contribution in [1.29, 1.82) is 0 Å². The summed E-state index contributed by atoms with van der Waals surface area (Å²) < 4.78 is 27.2. The third-order valence-electron chi connectivity index (χ3n) is 7.01. The van der Waals surface area contributed by atoms with E-state index in [1.54, 1.807) is 20.8 Å². The number of hydrogen-bond acceptors (Lipinski definition) is 6. The van der Waals surface area contributed by atoms with Crippen LogP contribution in [0.25, 0.3) is 11.3 Å². The second kappa shape index (κ2) is 9.94. The number of carbonyl (C=O) groups excluding carboxylic acids is 3. The van der Waals surface area contributed by atoms with E-state index in [0.29, 0.717) is 42.2 Å². The molecule has 39 heavy (non-hydrogen) atoms. The lowest BCUT2D eigenvalue weighted by molar-refractivity contribution is 0.0574. The molecule has 1 saturated carbocycles. The Labute approximate surface area is 226 Å². The number of carbonyl (C=O) groups is 3. The molecule has 1 aromatic heterocycles. The highest BCUT2D eigenvalue weighted by atomic mass is 19.1. The lowest BCUT2D eigenvalue weighted by atomic mass is 9.97. The first-order valence-corrected chi connectivity index (χ1v) is 13.1. The summed E-state index contributed by atoms with van der Waals surface area (Å²) in [6.45, 7) is 7.54. The summed E-state index contributed by atoms with van der Waals surface area (Å²) in [5, 5.41) is 4.65. The fourth-order valence-electron chi connectivity index (χ4n) is 5.09. The Morgan fingerprint density at radius 3 is 2.49 bits per heavy atom. The first-order chi connectivity index (χ1) is 18.5. The molecule has 1 aliphatic carbocycles. The maximum absolute atomic E-state index is 15.5. The smallest absolute Gasteiger partial charge is 0.414 e. The number of methoxy groups -OCH3 is 1. The molecule has 204 valence electrons. The van der Waals surface area contributed by atoms with Gasteiger partial charge in [0.1, 0.15) is 17.1 Å². The molecular weight excluding hydrogens is 501 g/mol. The molecule has 0 atom stereocenters. The van der Waals surface area contributed by atoms with E-state index in [2.05, 4.69) is 5.10 Å². The molecule has 1 aliphatic heterocycles. The van der Waals surface area contributed by atoms with Crippen LogP contribution in [0.2, 0.25) is 0 Å². The third kappa shape index (κ3) is 5.05. The van der Waals surface area contributed by atoms with Gasteiger partial charge in [-0.3, -0.25) is 9.69 Å². The molecule has 2 aromatic carbocycles. The van der Waals surface area contributed by atoms with Gasteiger partial charge in [0, 0.05) is 17.7 Å². The number of amides is 1. The van der Waals surface area contributed by atoms with E-state index in [1.165, 1.54) is 28.8 Å². The summed E-state index contributed by atoms with van der Waals surface area (Å²) in [5.41, 5.74) is 2.77. The maximum atomic E-state index is 15.5. The van der Waals surface area contributed by atoms with Crippen molar-refractivity contribution in [3.8, 4) is 11.3 Å². The van der Waals surface area contributed by atoms with E-state index in [9.17, 15) is 14.4 Å². The zero-order valence-corrected chi connectivity index (χ0v) is 22.8. The van der Waals surface area contributed by atoms with Crippen LogP contribution in [-0.2, 0) is 15.9 Å². The number of nitrogens with zero attached hydrogens (tertiary/aromatic N) is 3. The zero-order chi connectivity index (χ0) is 28.1. The summed E-state index contributed by atoms with van der Waals surface area (Å²) in [5.74, 6) is -1.38. The largest absolute Gasteiger partial charge is 0.465 e. The van der Waals surface area contributed by atoms with Gasteiger partial charge in [0.2, 0.25) is 0 Å². The van der Waals surface area contributed by atoms with Crippen molar-refractivity contribution in [2.24, 2.45) is 0 Å². The number of rotatable bonds is 4. The number of esters is 1. The van der Waals surface area contributed by atoms with E-state index in [1.807, 2.05) is 25.1 Å². The van der Waals surface area contributed by atoms with Crippen LogP contribution >= 0.6 is 0 Å². The van der Waals surface area contributed by atoms with Gasteiger partial charge in [-0.15, -0.1) is 0 Å². The molecule has 0 saturated heterocycles. The minimum atomic E-state index is -0.756. The van der Waals surface area contributed by atoms with Crippen molar-refractivity contribution in [2.45, 2.75) is 64.9 Å². The van der Waals surface area contributed by atoms with Crippen molar-refractivity contribution in [2.75, 3.05) is 18.6 Å². The number of benzene rings is 2. The van der Waals surface area contributed by atoms with Gasteiger partial charge < -0.3 is 9.47 Å². The highest BCUT2D eigenvalue weighted by Gasteiger charge is 2.37. The van der Waals surface area contributed by atoms with Crippen molar-refractivity contribution in [1.82, 2.24) is 9.78 Å². The zero-order valence-electron chi connectivity index (χ0n) is 22.8. The monoisotopic (exact) mass is 533 g/mol. The van der Waals surface area contributed by atoms with Gasteiger partial charge in [0.15, 0.2) is 0 Å². The summed E-state index contributed by atoms with van der Waals surface area (Å²) in [6.07, 6.45) is 2.50. The van der Waals surface area contributed by atoms with Gasteiger partial charge in [-0.2, -0.15) is 9.78 Å². The van der Waals surface area contributed by atoms with Crippen LogP contribution < -0.4 is 4.90 Å². The molecule has 0 bridgehead atoms.